The molecule has 1 saturated carbocycles. The number of carbonyl (C=O) groups is 3. The zero-order valence-corrected chi connectivity index (χ0v) is 25.7. The molecule has 2 atom stereocenters. The topological polar surface area (TPSA) is 120 Å². The standard InChI is InChI=1S/C32H35F5N4O6/c1-46-17-25-26(28(42)47-2)27(18-7-8-23(33)24(34)15-18)41(30(44)39-25)29(43)38-19-11-14-40(16-19)20-9-12-31(45,13-10-20)21-5-3-4-6-22(21)32(35,36)37/h3-8,15,19-20,27,45H,9-14,16-17H2,1-2H3,(H,38,43)(H,39,44)/t19-,20?,27+,31?/m1/s1. The number of hydrogen-bond donors (Lipinski definition) is 3. The number of ether oxygens (including phenoxy) is 2. The Bertz CT molecular complexity index is 1560. The minimum absolute atomic E-state index is 0.00899. The molecule has 4 amide bonds. The highest BCUT2D eigenvalue weighted by atomic mass is 19.4. The second-order valence-corrected chi connectivity index (χ2v) is 11.9. The van der Waals surface area contributed by atoms with Crippen LogP contribution in [0.2, 0.25) is 0 Å². The zero-order chi connectivity index (χ0) is 34.1. The minimum atomic E-state index is -4.60. The maximum Gasteiger partial charge on any atom is 0.416 e. The van der Waals surface area contributed by atoms with Gasteiger partial charge in [-0.15, -0.1) is 0 Å². The summed E-state index contributed by atoms with van der Waals surface area (Å²) in [7, 11) is 2.41. The van der Waals surface area contributed by atoms with Crippen molar-refractivity contribution >= 4 is 18.0 Å². The summed E-state index contributed by atoms with van der Waals surface area (Å²) in [5.74, 6) is -3.34. The van der Waals surface area contributed by atoms with Gasteiger partial charge in [0.2, 0.25) is 0 Å². The van der Waals surface area contributed by atoms with E-state index in [4.69, 9.17) is 9.47 Å². The summed E-state index contributed by atoms with van der Waals surface area (Å²) in [6.07, 6.45) is -3.04. The molecule has 0 spiro atoms. The van der Waals surface area contributed by atoms with Crippen LogP contribution >= 0.6 is 0 Å². The zero-order valence-electron chi connectivity index (χ0n) is 25.7. The molecule has 47 heavy (non-hydrogen) atoms. The van der Waals surface area contributed by atoms with E-state index in [1.807, 2.05) is 0 Å². The number of rotatable bonds is 7. The summed E-state index contributed by atoms with van der Waals surface area (Å²) in [4.78, 5) is 42.7. The SMILES string of the molecule is COCC1=C(C(=O)OC)[C@H](c2ccc(F)c(F)c2)N(C(=O)N[C@@H]2CCN(C3CCC(O)(c4ccccc4C(F)(F)F)CC3)C2)C(=O)N1. The van der Waals surface area contributed by atoms with E-state index in [1.54, 1.807) is 0 Å². The molecule has 3 N–H and O–H groups in total. The van der Waals surface area contributed by atoms with Gasteiger partial charge in [0.1, 0.15) is 6.04 Å². The van der Waals surface area contributed by atoms with Gasteiger partial charge in [0.25, 0.3) is 0 Å². The lowest BCUT2D eigenvalue weighted by atomic mass is 9.75. The number of hydrogen-bond acceptors (Lipinski definition) is 7. The molecule has 15 heteroatoms. The molecule has 2 aromatic rings. The van der Waals surface area contributed by atoms with Crippen LogP contribution in [0.1, 0.15) is 54.8 Å². The van der Waals surface area contributed by atoms with Crippen molar-refractivity contribution in [1.29, 1.82) is 0 Å². The minimum Gasteiger partial charge on any atom is -0.466 e. The molecular formula is C32H35F5N4O6. The summed E-state index contributed by atoms with van der Waals surface area (Å²) >= 11 is 0. The summed E-state index contributed by atoms with van der Waals surface area (Å²) < 4.78 is 79.1. The molecule has 0 aromatic heterocycles. The van der Waals surface area contributed by atoms with Crippen LogP contribution in [0.25, 0.3) is 0 Å². The molecule has 0 radical (unpaired) electrons. The van der Waals surface area contributed by atoms with Gasteiger partial charge in [-0.05, 0) is 61.4 Å². The van der Waals surface area contributed by atoms with E-state index in [0.29, 0.717) is 37.3 Å². The van der Waals surface area contributed by atoms with Gasteiger partial charge in [-0.3, -0.25) is 4.90 Å². The quantitative estimate of drug-likeness (QED) is 0.289. The molecule has 2 heterocycles. The fourth-order valence-electron chi connectivity index (χ4n) is 6.81. The molecule has 2 aromatic carbocycles. The highest BCUT2D eigenvalue weighted by Crippen LogP contribution is 2.44. The number of alkyl halides is 3. The largest absolute Gasteiger partial charge is 0.466 e. The number of nitrogens with zero attached hydrogens (tertiary/aromatic N) is 2. The fraction of sp³-hybridized carbons (Fsp3) is 0.469. The van der Waals surface area contributed by atoms with E-state index in [9.17, 15) is 41.4 Å². The number of carbonyl (C=O) groups excluding carboxylic acids is 3. The molecule has 254 valence electrons. The Morgan fingerprint density at radius 2 is 1.77 bits per heavy atom. The Morgan fingerprint density at radius 1 is 1.06 bits per heavy atom. The molecule has 1 aliphatic carbocycles. The summed E-state index contributed by atoms with van der Waals surface area (Å²) in [5, 5.41) is 16.5. The van der Waals surface area contributed by atoms with E-state index in [1.165, 1.54) is 25.3 Å². The van der Waals surface area contributed by atoms with Gasteiger partial charge in [-0.1, -0.05) is 24.3 Å². The normalized spacial score (nSPS) is 25.5. The Balaban J connectivity index is 1.31. The first kappa shape index (κ1) is 34.3. The maximum atomic E-state index is 14.4. The highest BCUT2D eigenvalue weighted by Gasteiger charge is 2.46. The summed E-state index contributed by atoms with van der Waals surface area (Å²) in [5.41, 5.74) is -2.89. The van der Waals surface area contributed by atoms with Gasteiger partial charge in [0.05, 0.1) is 36.2 Å². The van der Waals surface area contributed by atoms with Crippen molar-refractivity contribution in [3.8, 4) is 0 Å². The first-order chi connectivity index (χ1) is 22.3. The molecule has 2 aliphatic heterocycles. The van der Waals surface area contributed by atoms with Crippen LogP contribution in [-0.2, 0) is 26.0 Å². The predicted molar refractivity (Wildman–Crippen MR) is 156 cm³/mol. The van der Waals surface area contributed by atoms with Crippen LogP contribution in [-0.4, -0.2) is 78.9 Å². The molecule has 0 bridgehead atoms. The van der Waals surface area contributed by atoms with E-state index in [-0.39, 0.29) is 47.9 Å². The molecular weight excluding hydrogens is 631 g/mol. The lowest BCUT2D eigenvalue weighted by molar-refractivity contribution is -0.142. The second kappa shape index (κ2) is 13.6. The van der Waals surface area contributed by atoms with Crippen molar-refractivity contribution in [1.82, 2.24) is 20.4 Å². The molecule has 1 saturated heterocycles. The van der Waals surface area contributed by atoms with Crippen molar-refractivity contribution < 1.29 is 50.9 Å². The van der Waals surface area contributed by atoms with Crippen LogP contribution in [0.4, 0.5) is 31.5 Å². The summed E-state index contributed by atoms with van der Waals surface area (Å²) in [6.45, 7) is 0.646. The lowest BCUT2D eigenvalue weighted by Gasteiger charge is -2.41. The highest BCUT2D eigenvalue weighted by molar-refractivity contribution is 6.01. The van der Waals surface area contributed by atoms with Crippen LogP contribution < -0.4 is 10.6 Å². The number of aliphatic hydroxyl groups is 1. The van der Waals surface area contributed by atoms with Gasteiger partial charge >= 0.3 is 24.2 Å². The summed E-state index contributed by atoms with van der Waals surface area (Å²) in [6, 6.07) is 3.98. The van der Waals surface area contributed by atoms with Crippen molar-refractivity contribution in [3.63, 3.8) is 0 Å². The van der Waals surface area contributed by atoms with E-state index in [0.717, 1.165) is 31.4 Å². The third kappa shape index (κ3) is 6.97. The van der Waals surface area contributed by atoms with Gasteiger partial charge in [-0.25, -0.2) is 28.1 Å². The van der Waals surface area contributed by atoms with Crippen LogP contribution in [0.15, 0.2) is 53.7 Å². The van der Waals surface area contributed by atoms with Gasteiger partial charge in [-0.2, -0.15) is 13.2 Å². The van der Waals surface area contributed by atoms with Crippen LogP contribution in [0.5, 0.6) is 0 Å². The Kier molecular flexibility index (Phi) is 9.89. The fourth-order valence-corrected chi connectivity index (χ4v) is 6.81. The van der Waals surface area contributed by atoms with Gasteiger partial charge in [0, 0.05) is 32.3 Å². The molecule has 2 fully saturated rings. The van der Waals surface area contributed by atoms with E-state index in [2.05, 4.69) is 15.5 Å². The van der Waals surface area contributed by atoms with E-state index >= 15 is 0 Å². The van der Waals surface area contributed by atoms with Gasteiger partial charge in [0.15, 0.2) is 11.6 Å². The second-order valence-electron chi connectivity index (χ2n) is 11.9. The molecule has 10 nitrogen and oxygen atoms in total. The van der Waals surface area contributed by atoms with Gasteiger partial charge < -0.3 is 25.2 Å². The Labute approximate surface area is 267 Å². The van der Waals surface area contributed by atoms with Crippen molar-refractivity contribution in [2.45, 2.75) is 62.0 Å². The predicted octanol–water partition coefficient (Wildman–Crippen LogP) is 4.74. The number of halogens is 5. The lowest BCUT2D eigenvalue weighted by Crippen LogP contribution is -2.57. The van der Waals surface area contributed by atoms with Crippen molar-refractivity contribution in [2.24, 2.45) is 0 Å². The van der Waals surface area contributed by atoms with Crippen molar-refractivity contribution in [2.75, 3.05) is 33.9 Å². The monoisotopic (exact) mass is 666 g/mol. The Morgan fingerprint density at radius 3 is 2.40 bits per heavy atom. The maximum absolute atomic E-state index is 14.4. The Hall–Kier alpha value is -4.08. The molecule has 3 aliphatic rings. The van der Waals surface area contributed by atoms with Crippen LogP contribution in [0, 0.1) is 11.6 Å². The number of urea groups is 2. The molecule has 0 unspecified atom stereocenters. The van der Waals surface area contributed by atoms with Crippen LogP contribution in [0.3, 0.4) is 0 Å². The number of likely N-dealkylation sites (tertiary alicyclic amines) is 1. The number of nitrogens with one attached hydrogen (secondary N) is 2. The number of methoxy groups -OCH3 is 2. The van der Waals surface area contributed by atoms with Crippen molar-refractivity contribution in [3.05, 3.63) is 82.1 Å². The van der Waals surface area contributed by atoms with E-state index < -0.39 is 59.1 Å². The number of imide groups is 1. The smallest absolute Gasteiger partial charge is 0.416 e. The average molecular weight is 667 g/mol. The first-order valence-corrected chi connectivity index (χ1v) is 15.1. The number of esters is 1. The molecule has 5 rings (SSSR count). The first-order valence-electron chi connectivity index (χ1n) is 15.1. The number of amides is 4. The third-order valence-electron chi connectivity index (χ3n) is 9.09. The third-order valence-corrected chi connectivity index (χ3v) is 9.09. The number of benzene rings is 2. The average Bonchev–Trinajstić information content (AvgIpc) is 3.50.